The van der Waals surface area contributed by atoms with E-state index in [1.165, 1.54) is 0 Å². The van der Waals surface area contributed by atoms with Crippen LogP contribution < -0.4 is 16.5 Å². The van der Waals surface area contributed by atoms with Crippen molar-refractivity contribution in [3.63, 3.8) is 0 Å². The molecule has 0 aliphatic carbocycles. The highest BCUT2D eigenvalue weighted by Crippen LogP contribution is 2.38. The van der Waals surface area contributed by atoms with Crippen molar-refractivity contribution in [2.45, 2.75) is 45.9 Å². The zero-order chi connectivity index (χ0) is 39.1. The van der Waals surface area contributed by atoms with E-state index in [0.29, 0.717) is 78.4 Å². The Labute approximate surface area is 323 Å². The van der Waals surface area contributed by atoms with E-state index in [0.717, 1.165) is 64.0 Å². The Morgan fingerprint density at radius 3 is 2.54 bits per heavy atom. The van der Waals surface area contributed by atoms with Gasteiger partial charge in [0.15, 0.2) is 11.4 Å². The van der Waals surface area contributed by atoms with Crippen molar-refractivity contribution in [2.24, 2.45) is 10.9 Å². The number of pyridine rings is 2. The van der Waals surface area contributed by atoms with Gasteiger partial charge in [-0.15, -0.1) is 0 Å². The number of aliphatic hydroxyl groups excluding tert-OH is 1. The van der Waals surface area contributed by atoms with E-state index in [2.05, 4.69) is 62.1 Å². The minimum atomic E-state index is -0.757. The summed E-state index contributed by atoms with van der Waals surface area (Å²) >= 11 is 0. The summed E-state index contributed by atoms with van der Waals surface area (Å²) in [6.07, 6.45) is 4.72. The van der Waals surface area contributed by atoms with Crippen molar-refractivity contribution in [3.8, 4) is 28.5 Å². The van der Waals surface area contributed by atoms with Crippen molar-refractivity contribution in [2.75, 3.05) is 50.8 Å². The van der Waals surface area contributed by atoms with Crippen LogP contribution in [0.3, 0.4) is 0 Å². The number of nitrogens with one attached hydrogen (secondary N) is 1. The molecule has 0 amide bonds. The van der Waals surface area contributed by atoms with Gasteiger partial charge in [-0.3, -0.25) is 19.7 Å². The third-order valence-electron chi connectivity index (χ3n) is 11.1. The van der Waals surface area contributed by atoms with Crippen LogP contribution >= 0.6 is 0 Å². The first-order valence-electron chi connectivity index (χ1n) is 18.8. The van der Waals surface area contributed by atoms with Gasteiger partial charge in [0.25, 0.3) is 0 Å². The molecule has 286 valence electrons. The number of β-amino-alcohol motifs (C(OH)–C–C–N with tert-alkyl or cyclic N) is 1. The van der Waals surface area contributed by atoms with E-state index in [-0.39, 0.29) is 18.0 Å². The lowest BCUT2D eigenvalue weighted by molar-refractivity contribution is -0.141. The van der Waals surface area contributed by atoms with Gasteiger partial charge in [0.1, 0.15) is 28.4 Å². The van der Waals surface area contributed by atoms with Crippen LogP contribution in [0.4, 0.5) is 17.5 Å². The van der Waals surface area contributed by atoms with Crippen LogP contribution in [0.2, 0.25) is 0 Å². The normalized spacial score (nSPS) is 17.9. The van der Waals surface area contributed by atoms with Crippen molar-refractivity contribution in [1.82, 2.24) is 29.3 Å². The smallest absolute Gasteiger partial charge is 0.307 e. The standard InChI is InChI=1S/C42H44N10O4/c1-24-30(31-7-5-9-34(25(31)2)47-39-37-35(48-42(44)49-39)16-26(19-46-37)20-51-13-11-29(53)23-51)6-4-8-32(24)36-17-33-38(56-36)28(18-43)22-52(40(33)45-3)15-14-50-12-10-27(21-50)41(54)55/h4-9,16-17,19,22,27,29,53H,10-15,20-21,23H2,1-3H3,(H,54,55)(H3,44,47,48,49)/b45-40-/t27-,29+/m0/s1. The van der Waals surface area contributed by atoms with Gasteiger partial charge in [-0.25, -0.2) is 4.98 Å². The number of anilines is 3. The number of nitrogens with zero attached hydrogens (tertiary/aromatic N) is 8. The van der Waals surface area contributed by atoms with Crippen LogP contribution in [-0.4, -0.2) is 91.4 Å². The molecule has 2 aromatic carbocycles. The molecule has 0 spiro atoms. The van der Waals surface area contributed by atoms with Crippen molar-refractivity contribution in [1.29, 1.82) is 5.26 Å². The molecule has 5 N–H and O–H groups in total. The minimum absolute atomic E-state index is 0.142. The summed E-state index contributed by atoms with van der Waals surface area (Å²) in [5.41, 5.74) is 15.8. The highest BCUT2D eigenvalue weighted by Gasteiger charge is 2.28. The average molecular weight is 753 g/mol. The summed E-state index contributed by atoms with van der Waals surface area (Å²) in [6, 6.07) is 18.4. The Balaban J connectivity index is 1.09. The number of nitriles is 1. The number of benzene rings is 2. The maximum Gasteiger partial charge on any atom is 0.307 e. The predicted octanol–water partition coefficient (Wildman–Crippen LogP) is 5.22. The summed E-state index contributed by atoms with van der Waals surface area (Å²) in [5.74, 6) is 0.174. The average Bonchev–Trinajstić information content (AvgIpc) is 3.95. The molecule has 2 saturated heterocycles. The number of aromatic nitrogens is 4. The van der Waals surface area contributed by atoms with E-state index < -0.39 is 5.97 Å². The third kappa shape index (κ3) is 7.08. The molecule has 2 aliphatic rings. The third-order valence-corrected chi connectivity index (χ3v) is 11.1. The molecule has 14 nitrogen and oxygen atoms in total. The van der Waals surface area contributed by atoms with E-state index in [1.54, 1.807) is 13.2 Å². The predicted molar refractivity (Wildman–Crippen MR) is 214 cm³/mol. The number of nitrogens with two attached hydrogens (primary N) is 1. The fraction of sp³-hybridized carbons (Fsp3) is 0.333. The first kappa shape index (κ1) is 36.8. The highest BCUT2D eigenvalue weighted by atomic mass is 16.4. The zero-order valence-electron chi connectivity index (χ0n) is 31.7. The lowest BCUT2D eigenvalue weighted by Crippen LogP contribution is -2.31. The fourth-order valence-corrected chi connectivity index (χ4v) is 8.16. The number of fused-ring (bicyclic) bond motifs is 2. The summed E-state index contributed by atoms with van der Waals surface area (Å²) in [5, 5.41) is 33.8. The summed E-state index contributed by atoms with van der Waals surface area (Å²) in [6.45, 7) is 8.73. The van der Waals surface area contributed by atoms with E-state index >= 15 is 0 Å². The van der Waals surface area contributed by atoms with E-state index in [1.807, 2.05) is 47.2 Å². The van der Waals surface area contributed by atoms with E-state index in [4.69, 9.17) is 15.1 Å². The van der Waals surface area contributed by atoms with Crippen LogP contribution in [0, 0.1) is 31.1 Å². The van der Waals surface area contributed by atoms with Gasteiger partial charge in [0, 0.05) is 70.0 Å². The maximum atomic E-state index is 11.5. The Morgan fingerprint density at radius 2 is 1.80 bits per heavy atom. The zero-order valence-corrected chi connectivity index (χ0v) is 31.7. The van der Waals surface area contributed by atoms with E-state index in [9.17, 15) is 20.3 Å². The van der Waals surface area contributed by atoms with Gasteiger partial charge >= 0.3 is 5.97 Å². The van der Waals surface area contributed by atoms with Gasteiger partial charge in [-0.05, 0) is 79.3 Å². The van der Waals surface area contributed by atoms with Crippen molar-refractivity contribution < 1.29 is 19.4 Å². The number of hydrogen-bond donors (Lipinski definition) is 4. The minimum Gasteiger partial charge on any atom is -0.481 e. The lowest BCUT2D eigenvalue weighted by atomic mass is 9.92. The molecule has 2 fully saturated rings. The monoisotopic (exact) mass is 752 g/mol. The molecule has 2 atom stereocenters. The summed E-state index contributed by atoms with van der Waals surface area (Å²) in [7, 11) is 1.73. The Hall–Kier alpha value is -6.14. The molecule has 14 heteroatoms. The largest absolute Gasteiger partial charge is 0.481 e. The molecule has 0 bridgehead atoms. The molecule has 56 heavy (non-hydrogen) atoms. The van der Waals surface area contributed by atoms with Crippen LogP contribution in [0.25, 0.3) is 44.5 Å². The number of aliphatic carboxylic acids is 1. The van der Waals surface area contributed by atoms with Gasteiger partial charge in [0.2, 0.25) is 5.95 Å². The summed E-state index contributed by atoms with van der Waals surface area (Å²) in [4.78, 5) is 34.2. The molecule has 8 rings (SSSR count). The quantitative estimate of drug-likeness (QED) is 0.143. The summed E-state index contributed by atoms with van der Waals surface area (Å²) < 4.78 is 8.43. The molecule has 0 unspecified atom stereocenters. The first-order chi connectivity index (χ1) is 27.1. The Bertz CT molecular complexity index is 2610. The molecular weight excluding hydrogens is 709 g/mol. The van der Waals surface area contributed by atoms with Gasteiger partial charge in [-0.2, -0.15) is 10.2 Å². The van der Waals surface area contributed by atoms with Gasteiger partial charge < -0.3 is 35.1 Å². The Morgan fingerprint density at radius 1 is 1.04 bits per heavy atom. The number of aliphatic hydroxyl groups is 1. The topological polar surface area (TPSA) is 195 Å². The Kier molecular flexibility index (Phi) is 9.98. The number of carboxylic acids is 1. The second-order valence-corrected chi connectivity index (χ2v) is 14.8. The number of carbonyl (C=O) groups is 1. The van der Waals surface area contributed by atoms with Crippen LogP contribution in [0.1, 0.15) is 35.1 Å². The maximum absolute atomic E-state index is 11.5. The van der Waals surface area contributed by atoms with Crippen LogP contribution in [-0.2, 0) is 17.9 Å². The number of likely N-dealkylation sites (tertiary alicyclic amines) is 2. The lowest BCUT2D eigenvalue weighted by Gasteiger charge is -2.17. The number of hydrogen-bond acceptors (Lipinski definition) is 12. The first-order valence-corrected chi connectivity index (χ1v) is 18.8. The second kappa shape index (κ2) is 15.2. The molecule has 2 aliphatic heterocycles. The van der Waals surface area contributed by atoms with Crippen molar-refractivity contribution >= 4 is 45.4 Å². The molecule has 6 heterocycles. The molecule has 0 saturated carbocycles. The fourth-order valence-electron chi connectivity index (χ4n) is 8.16. The number of carboxylic acid groups (broad SMARTS) is 1. The highest BCUT2D eigenvalue weighted by molar-refractivity contribution is 5.91. The van der Waals surface area contributed by atoms with Gasteiger partial charge in [0.05, 0.1) is 22.9 Å². The van der Waals surface area contributed by atoms with Gasteiger partial charge in [-0.1, -0.05) is 30.3 Å². The number of furan rings is 1. The van der Waals surface area contributed by atoms with Crippen LogP contribution in [0.15, 0.2) is 70.3 Å². The molecule has 4 aromatic heterocycles. The molecular formula is C42H44N10O4. The molecule has 0 radical (unpaired) electrons. The van der Waals surface area contributed by atoms with Crippen molar-refractivity contribution in [3.05, 3.63) is 88.7 Å². The second-order valence-electron chi connectivity index (χ2n) is 14.8. The SMILES string of the molecule is C/N=c1/c2cc(-c3cccc(-c4cccc(Nc5nc(N)nc6cc(CN7CC[C@@H](O)C7)cnc56)c4C)c3C)oc2c(C#N)cn1CCN1CC[C@H](C(=O)O)C1. The molecule has 6 aromatic rings. The van der Waals surface area contributed by atoms with Crippen LogP contribution in [0.5, 0.6) is 0 Å². The number of nitrogen functional groups attached to an aromatic ring is 1. The number of rotatable bonds is 10.